The highest BCUT2D eigenvalue weighted by Crippen LogP contribution is 2.16. The second-order valence-electron chi connectivity index (χ2n) is 5.55. The summed E-state index contributed by atoms with van der Waals surface area (Å²) in [6, 6.07) is 7.52. The molecule has 0 saturated carbocycles. The van der Waals surface area contributed by atoms with Gasteiger partial charge in [-0.1, -0.05) is 5.16 Å². The predicted molar refractivity (Wildman–Crippen MR) is 99.8 cm³/mol. The summed E-state index contributed by atoms with van der Waals surface area (Å²) >= 11 is 0. The minimum absolute atomic E-state index is 0.540. The van der Waals surface area contributed by atoms with E-state index < -0.39 is 0 Å². The Labute approximate surface area is 154 Å². The number of hydrogen-bond donors (Lipinski definition) is 2. The van der Waals surface area contributed by atoms with Crippen molar-refractivity contribution in [2.24, 2.45) is 4.99 Å². The Hall–Kier alpha value is -2.77. The number of aliphatic imine (C=N–C) groups is 1. The second kappa shape index (κ2) is 11.0. The van der Waals surface area contributed by atoms with Crippen molar-refractivity contribution < 1.29 is 14.0 Å². The van der Waals surface area contributed by atoms with Gasteiger partial charge in [0, 0.05) is 19.5 Å². The van der Waals surface area contributed by atoms with E-state index in [-0.39, 0.29) is 0 Å². The predicted octanol–water partition coefficient (Wildman–Crippen LogP) is 1.95. The molecule has 8 nitrogen and oxygen atoms in total. The molecule has 0 amide bonds. The van der Waals surface area contributed by atoms with Crippen LogP contribution in [0.15, 0.2) is 33.8 Å². The van der Waals surface area contributed by atoms with Crippen LogP contribution in [0.5, 0.6) is 11.5 Å². The monoisotopic (exact) mass is 361 g/mol. The van der Waals surface area contributed by atoms with Gasteiger partial charge in [-0.25, -0.2) is 0 Å². The third kappa shape index (κ3) is 7.00. The number of hydrogen-bond acceptors (Lipinski definition) is 6. The van der Waals surface area contributed by atoms with Gasteiger partial charge in [-0.2, -0.15) is 4.98 Å². The summed E-state index contributed by atoms with van der Waals surface area (Å²) in [5, 5.41) is 10.2. The van der Waals surface area contributed by atoms with Crippen LogP contribution >= 0.6 is 0 Å². The van der Waals surface area contributed by atoms with Crippen molar-refractivity contribution in [2.75, 3.05) is 33.4 Å². The Morgan fingerprint density at radius 1 is 1.19 bits per heavy atom. The van der Waals surface area contributed by atoms with Crippen molar-refractivity contribution in [3.8, 4) is 11.5 Å². The number of nitrogens with one attached hydrogen (secondary N) is 2. The molecule has 8 heteroatoms. The van der Waals surface area contributed by atoms with Crippen LogP contribution in [0.3, 0.4) is 0 Å². The zero-order valence-electron chi connectivity index (χ0n) is 15.6. The standard InChI is InChI=1S/C18H27N5O3/c1-4-19-18(20-11-5-6-17-22-14(2)23-26-17)21-12-13-25-16-9-7-15(24-3)8-10-16/h7-10H,4-6,11-13H2,1-3H3,(H2,19,20,21). The summed E-state index contributed by atoms with van der Waals surface area (Å²) in [5.74, 6) is 3.71. The zero-order chi connectivity index (χ0) is 18.6. The number of aromatic nitrogens is 2. The molecule has 0 bridgehead atoms. The molecule has 0 aliphatic heterocycles. The normalized spacial score (nSPS) is 11.3. The molecule has 0 atom stereocenters. The lowest BCUT2D eigenvalue weighted by Gasteiger charge is -2.12. The Morgan fingerprint density at radius 3 is 2.62 bits per heavy atom. The molecule has 0 unspecified atom stereocenters. The molecule has 0 fully saturated rings. The molecular formula is C18H27N5O3. The van der Waals surface area contributed by atoms with Crippen LogP contribution < -0.4 is 20.1 Å². The van der Waals surface area contributed by atoms with Gasteiger partial charge in [-0.3, -0.25) is 4.99 Å². The first-order valence-electron chi connectivity index (χ1n) is 8.79. The van der Waals surface area contributed by atoms with Gasteiger partial charge in [0.1, 0.15) is 18.1 Å². The number of nitrogens with zero attached hydrogens (tertiary/aromatic N) is 3. The molecule has 26 heavy (non-hydrogen) atoms. The van der Waals surface area contributed by atoms with E-state index in [2.05, 4.69) is 25.8 Å². The third-order valence-corrected chi connectivity index (χ3v) is 3.46. The van der Waals surface area contributed by atoms with E-state index in [1.807, 2.05) is 38.1 Å². The van der Waals surface area contributed by atoms with Crippen LogP contribution in [0.4, 0.5) is 0 Å². The number of ether oxygens (including phenoxy) is 2. The second-order valence-corrected chi connectivity index (χ2v) is 5.55. The maximum atomic E-state index is 5.69. The molecule has 0 aliphatic carbocycles. The molecule has 142 valence electrons. The summed E-state index contributed by atoms with van der Waals surface area (Å²) < 4.78 is 15.9. The van der Waals surface area contributed by atoms with Gasteiger partial charge in [-0.15, -0.1) is 0 Å². The molecule has 1 aromatic carbocycles. The van der Waals surface area contributed by atoms with Gasteiger partial charge in [0.05, 0.1) is 13.7 Å². The highest BCUT2D eigenvalue weighted by molar-refractivity contribution is 5.79. The summed E-state index contributed by atoms with van der Waals surface area (Å²) in [4.78, 5) is 8.72. The first-order chi connectivity index (χ1) is 12.7. The fourth-order valence-corrected chi connectivity index (χ4v) is 2.21. The molecule has 0 radical (unpaired) electrons. The average Bonchev–Trinajstić information content (AvgIpc) is 3.07. The van der Waals surface area contributed by atoms with Gasteiger partial charge in [-0.05, 0) is 44.5 Å². The Balaban J connectivity index is 1.67. The van der Waals surface area contributed by atoms with Crippen LogP contribution in [0.25, 0.3) is 0 Å². The van der Waals surface area contributed by atoms with E-state index in [4.69, 9.17) is 14.0 Å². The average molecular weight is 361 g/mol. The van der Waals surface area contributed by atoms with E-state index in [1.54, 1.807) is 7.11 Å². The fraction of sp³-hybridized carbons (Fsp3) is 0.500. The minimum atomic E-state index is 0.540. The molecule has 1 heterocycles. The van der Waals surface area contributed by atoms with Crippen LogP contribution in [0, 0.1) is 6.92 Å². The Kier molecular flexibility index (Phi) is 8.25. The molecule has 2 rings (SSSR count). The van der Waals surface area contributed by atoms with Crippen LogP contribution in [0.1, 0.15) is 25.1 Å². The molecule has 1 aromatic heterocycles. The number of rotatable bonds is 10. The first-order valence-corrected chi connectivity index (χ1v) is 8.79. The highest BCUT2D eigenvalue weighted by atomic mass is 16.5. The number of guanidine groups is 1. The highest BCUT2D eigenvalue weighted by Gasteiger charge is 2.02. The Morgan fingerprint density at radius 2 is 1.96 bits per heavy atom. The lowest BCUT2D eigenvalue weighted by molar-refractivity contribution is 0.321. The van der Waals surface area contributed by atoms with Crippen molar-refractivity contribution in [2.45, 2.75) is 26.7 Å². The summed E-state index contributed by atoms with van der Waals surface area (Å²) in [6.45, 7) is 6.52. The quantitative estimate of drug-likeness (QED) is 0.379. The maximum absolute atomic E-state index is 5.69. The first kappa shape index (κ1) is 19.6. The van der Waals surface area contributed by atoms with Crippen molar-refractivity contribution in [1.82, 2.24) is 20.8 Å². The molecular weight excluding hydrogens is 334 g/mol. The van der Waals surface area contributed by atoms with Gasteiger partial charge in [0.15, 0.2) is 11.8 Å². The molecule has 0 spiro atoms. The largest absolute Gasteiger partial charge is 0.497 e. The van der Waals surface area contributed by atoms with E-state index in [0.29, 0.717) is 31.4 Å². The van der Waals surface area contributed by atoms with E-state index in [1.165, 1.54) is 0 Å². The molecule has 2 aromatic rings. The van der Waals surface area contributed by atoms with E-state index >= 15 is 0 Å². The van der Waals surface area contributed by atoms with E-state index in [9.17, 15) is 0 Å². The van der Waals surface area contributed by atoms with Crippen molar-refractivity contribution in [3.63, 3.8) is 0 Å². The number of aryl methyl sites for hydroxylation is 2. The van der Waals surface area contributed by atoms with Gasteiger partial charge in [0.25, 0.3) is 0 Å². The molecule has 2 N–H and O–H groups in total. The zero-order valence-corrected chi connectivity index (χ0v) is 15.6. The van der Waals surface area contributed by atoms with Crippen LogP contribution in [-0.4, -0.2) is 49.5 Å². The number of benzene rings is 1. The van der Waals surface area contributed by atoms with Crippen molar-refractivity contribution >= 4 is 5.96 Å². The number of methoxy groups -OCH3 is 1. The molecule has 0 aliphatic rings. The third-order valence-electron chi connectivity index (χ3n) is 3.46. The maximum Gasteiger partial charge on any atom is 0.226 e. The summed E-state index contributed by atoms with van der Waals surface area (Å²) in [7, 11) is 1.64. The SMILES string of the molecule is CCNC(=NCCCc1nc(C)no1)NCCOc1ccc(OC)cc1. The molecule has 0 saturated heterocycles. The van der Waals surface area contributed by atoms with E-state index in [0.717, 1.165) is 36.8 Å². The lowest BCUT2D eigenvalue weighted by atomic mass is 10.3. The van der Waals surface area contributed by atoms with Gasteiger partial charge < -0.3 is 24.6 Å². The smallest absolute Gasteiger partial charge is 0.226 e. The van der Waals surface area contributed by atoms with Gasteiger partial charge in [0.2, 0.25) is 5.89 Å². The summed E-state index contributed by atoms with van der Waals surface area (Å²) in [6.07, 6.45) is 1.57. The van der Waals surface area contributed by atoms with Crippen molar-refractivity contribution in [3.05, 3.63) is 36.0 Å². The van der Waals surface area contributed by atoms with Crippen LogP contribution in [0.2, 0.25) is 0 Å². The Bertz CT molecular complexity index is 670. The topological polar surface area (TPSA) is 93.8 Å². The minimum Gasteiger partial charge on any atom is -0.497 e. The lowest BCUT2D eigenvalue weighted by Crippen LogP contribution is -2.39. The van der Waals surface area contributed by atoms with Gasteiger partial charge >= 0.3 is 0 Å². The fourth-order valence-electron chi connectivity index (χ4n) is 2.21. The summed E-state index contributed by atoms with van der Waals surface area (Å²) in [5.41, 5.74) is 0. The van der Waals surface area contributed by atoms with Crippen molar-refractivity contribution in [1.29, 1.82) is 0 Å². The van der Waals surface area contributed by atoms with Crippen LogP contribution in [-0.2, 0) is 6.42 Å².